The summed E-state index contributed by atoms with van der Waals surface area (Å²) in [5.74, 6) is 0.857. The molecule has 2 heterocycles. The van der Waals surface area contributed by atoms with Gasteiger partial charge in [-0.1, -0.05) is 29.8 Å². The Morgan fingerprint density at radius 2 is 1.79 bits per heavy atom. The third-order valence-corrected chi connectivity index (χ3v) is 4.92. The Kier molecular flexibility index (Phi) is 4.07. The van der Waals surface area contributed by atoms with Gasteiger partial charge in [-0.2, -0.15) is 0 Å². The molecule has 0 bridgehead atoms. The van der Waals surface area contributed by atoms with Crippen LogP contribution in [0.3, 0.4) is 0 Å². The Bertz CT molecular complexity index is 742. The van der Waals surface area contributed by atoms with E-state index in [0.29, 0.717) is 11.4 Å². The second-order valence-electron chi connectivity index (χ2n) is 6.21. The van der Waals surface area contributed by atoms with Gasteiger partial charge in [0.15, 0.2) is 6.10 Å². The zero-order chi connectivity index (χ0) is 16.5. The lowest BCUT2D eigenvalue weighted by molar-refractivity contribution is -0.138. The van der Waals surface area contributed by atoms with E-state index in [4.69, 9.17) is 16.3 Å². The number of carbonyl (C=O) groups is 1. The van der Waals surface area contributed by atoms with Crippen molar-refractivity contribution in [3.8, 4) is 5.75 Å². The fraction of sp³-hybridized carbons (Fsp3) is 0.316. The summed E-state index contributed by atoms with van der Waals surface area (Å²) in [6.07, 6.45) is 0.190. The lowest BCUT2D eigenvalue weighted by atomic mass is 10.1. The van der Waals surface area contributed by atoms with E-state index in [9.17, 15) is 4.79 Å². The molecule has 24 heavy (non-hydrogen) atoms. The zero-order valence-electron chi connectivity index (χ0n) is 13.3. The van der Waals surface area contributed by atoms with Gasteiger partial charge in [0.1, 0.15) is 5.75 Å². The van der Waals surface area contributed by atoms with Crippen molar-refractivity contribution < 1.29 is 9.53 Å². The van der Waals surface area contributed by atoms with Gasteiger partial charge in [0.05, 0.1) is 0 Å². The highest BCUT2D eigenvalue weighted by molar-refractivity contribution is 6.30. The Morgan fingerprint density at radius 3 is 2.54 bits per heavy atom. The molecule has 1 unspecified atom stereocenters. The van der Waals surface area contributed by atoms with Gasteiger partial charge in [0.2, 0.25) is 0 Å². The van der Waals surface area contributed by atoms with E-state index < -0.39 is 6.10 Å². The van der Waals surface area contributed by atoms with Gasteiger partial charge in [-0.3, -0.25) is 4.79 Å². The molecule has 1 amide bonds. The maximum Gasteiger partial charge on any atom is 0.264 e. The van der Waals surface area contributed by atoms with Gasteiger partial charge >= 0.3 is 0 Å². The Labute approximate surface area is 146 Å². The molecule has 2 aromatic rings. The van der Waals surface area contributed by atoms with Crippen LogP contribution < -0.4 is 9.64 Å². The number of hydrogen-bond donors (Lipinski definition) is 0. The molecular formula is C19H19ClN2O2. The summed E-state index contributed by atoms with van der Waals surface area (Å²) in [7, 11) is 0. The predicted octanol–water partition coefficient (Wildman–Crippen LogP) is 2.99. The summed E-state index contributed by atoms with van der Waals surface area (Å²) in [5, 5.41) is 0.682. The molecule has 0 aromatic heterocycles. The molecule has 0 aliphatic carbocycles. The number of ether oxygens (including phenoxy) is 1. The molecule has 2 aromatic carbocycles. The normalized spacial score (nSPS) is 19.8. The van der Waals surface area contributed by atoms with Crippen LogP contribution in [-0.2, 0) is 11.2 Å². The zero-order valence-corrected chi connectivity index (χ0v) is 14.1. The van der Waals surface area contributed by atoms with Gasteiger partial charge in [-0.15, -0.1) is 0 Å². The number of piperazine rings is 1. The lowest BCUT2D eigenvalue weighted by Gasteiger charge is -2.36. The Hall–Kier alpha value is -2.20. The second kappa shape index (κ2) is 6.36. The number of para-hydroxylation sites is 1. The summed E-state index contributed by atoms with van der Waals surface area (Å²) in [4.78, 5) is 17.0. The minimum Gasteiger partial charge on any atom is -0.480 e. The number of anilines is 1. The first-order valence-electron chi connectivity index (χ1n) is 8.24. The highest BCUT2D eigenvalue weighted by atomic mass is 35.5. The highest BCUT2D eigenvalue weighted by Gasteiger charge is 2.33. The Morgan fingerprint density at radius 1 is 1.04 bits per heavy atom. The van der Waals surface area contributed by atoms with E-state index in [-0.39, 0.29) is 5.91 Å². The Balaban J connectivity index is 1.37. The van der Waals surface area contributed by atoms with Crippen molar-refractivity contribution in [2.75, 3.05) is 31.1 Å². The van der Waals surface area contributed by atoms with Crippen molar-refractivity contribution in [3.63, 3.8) is 0 Å². The van der Waals surface area contributed by atoms with Crippen molar-refractivity contribution >= 4 is 23.2 Å². The van der Waals surface area contributed by atoms with Crippen molar-refractivity contribution in [2.24, 2.45) is 0 Å². The van der Waals surface area contributed by atoms with E-state index in [1.54, 1.807) is 6.07 Å². The lowest BCUT2D eigenvalue weighted by Crippen LogP contribution is -2.52. The largest absolute Gasteiger partial charge is 0.480 e. The number of rotatable bonds is 2. The van der Waals surface area contributed by atoms with Crippen LogP contribution >= 0.6 is 11.6 Å². The minimum absolute atomic E-state index is 0.0787. The van der Waals surface area contributed by atoms with Crippen LogP contribution in [-0.4, -0.2) is 43.1 Å². The van der Waals surface area contributed by atoms with Crippen LogP contribution in [0.5, 0.6) is 5.75 Å². The number of halogens is 1. The molecule has 0 spiro atoms. The number of nitrogens with zero attached hydrogens (tertiary/aromatic N) is 2. The summed E-state index contributed by atoms with van der Waals surface area (Å²) in [5.41, 5.74) is 2.23. The molecule has 0 saturated carbocycles. The third kappa shape index (κ3) is 2.94. The highest BCUT2D eigenvalue weighted by Crippen LogP contribution is 2.32. The number of hydrogen-bond acceptors (Lipinski definition) is 3. The smallest absolute Gasteiger partial charge is 0.264 e. The molecule has 1 atom stereocenters. The number of fused-ring (bicyclic) bond motifs is 1. The van der Waals surface area contributed by atoms with Crippen molar-refractivity contribution in [3.05, 3.63) is 59.1 Å². The van der Waals surface area contributed by atoms with E-state index >= 15 is 0 Å². The van der Waals surface area contributed by atoms with Crippen molar-refractivity contribution in [1.82, 2.24) is 4.90 Å². The molecule has 0 N–H and O–H groups in total. The van der Waals surface area contributed by atoms with Crippen LogP contribution in [0.2, 0.25) is 5.02 Å². The summed E-state index contributed by atoms with van der Waals surface area (Å²) >= 11 is 6.02. The van der Waals surface area contributed by atoms with E-state index in [0.717, 1.165) is 37.5 Å². The standard InChI is InChI=1S/C19H19ClN2O2/c20-15-6-7-17-14(12-15)13-18(24-17)19(23)22-10-8-21(9-11-22)16-4-2-1-3-5-16/h1-7,12,18H,8-11,13H2. The first kappa shape index (κ1) is 15.3. The average Bonchev–Trinajstić information content (AvgIpc) is 3.05. The van der Waals surface area contributed by atoms with Gasteiger partial charge < -0.3 is 14.5 Å². The minimum atomic E-state index is -0.415. The van der Waals surface area contributed by atoms with Crippen LogP contribution in [0.4, 0.5) is 5.69 Å². The van der Waals surface area contributed by atoms with E-state index in [2.05, 4.69) is 17.0 Å². The summed E-state index contributed by atoms with van der Waals surface area (Å²) in [6.45, 7) is 3.15. The maximum absolute atomic E-state index is 12.7. The van der Waals surface area contributed by atoms with E-state index in [1.807, 2.05) is 35.2 Å². The first-order chi connectivity index (χ1) is 11.7. The van der Waals surface area contributed by atoms with Crippen LogP contribution in [0.15, 0.2) is 48.5 Å². The number of amides is 1. The topological polar surface area (TPSA) is 32.8 Å². The molecule has 1 saturated heterocycles. The quantitative estimate of drug-likeness (QED) is 0.841. The monoisotopic (exact) mass is 342 g/mol. The fourth-order valence-electron chi connectivity index (χ4n) is 3.38. The predicted molar refractivity (Wildman–Crippen MR) is 94.8 cm³/mol. The molecule has 1 fully saturated rings. The van der Waals surface area contributed by atoms with Crippen molar-refractivity contribution in [2.45, 2.75) is 12.5 Å². The van der Waals surface area contributed by atoms with Gasteiger partial charge in [-0.05, 0) is 35.9 Å². The van der Waals surface area contributed by atoms with Crippen LogP contribution in [0.25, 0.3) is 0 Å². The van der Waals surface area contributed by atoms with Crippen LogP contribution in [0.1, 0.15) is 5.56 Å². The third-order valence-electron chi connectivity index (χ3n) is 4.69. The molecule has 4 nitrogen and oxygen atoms in total. The van der Waals surface area contributed by atoms with Crippen molar-refractivity contribution in [1.29, 1.82) is 0 Å². The van der Waals surface area contributed by atoms with Gasteiger partial charge in [-0.25, -0.2) is 0 Å². The maximum atomic E-state index is 12.7. The molecule has 5 heteroatoms. The van der Waals surface area contributed by atoms with Gasteiger partial charge in [0, 0.05) is 43.3 Å². The molecule has 4 rings (SSSR count). The average molecular weight is 343 g/mol. The number of carbonyl (C=O) groups excluding carboxylic acids is 1. The number of benzene rings is 2. The fourth-order valence-corrected chi connectivity index (χ4v) is 3.58. The SMILES string of the molecule is O=C(C1Cc2cc(Cl)ccc2O1)N1CCN(c2ccccc2)CC1. The molecule has 2 aliphatic rings. The molecule has 0 radical (unpaired) electrons. The first-order valence-corrected chi connectivity index (χ1v) is 8.62. The molecular weight excluding hydrogens is 324 g/mol. The summed E-state index contributed by atoms with van der Waals surface area (Å²) < 4.78 is 5.82. The second-order valence-corrected chi connectivity index (χ2v) is 6.65. The van der Waals surface area contributed by atoms with E-state index in [1.165, 1.54) is 5.69 Å². The van der Waals surface area contributed by atoms with Gasteiger partial charge in [0.25, 0.3) is 5.91 Å². The molecule has 2 aliphatic heterocycles. The van der Waals surface area contributed by atoms with Crippen LogP contribution in [0, 0.1) is 0 Å². The summed E-state index contributed by atoms with van der Waals surface area (Å²) in [6, 6.07) is 15.9. The molecule has 124 valence electrons.